The maximum Gasteiger partial charge on any atom is 0.264 e. The van der Waals surface area contributed by atoms with Gasteiger partial charge in [-0.1, -0.05) is 35.9 Å². The molecule has 1 amide bonds. The van der Waals surface area contributed by atoms with E-state index < -0.39 is 27.3 Å². The second-order valence-electron chi connectivity index (χ2n) is 6.26. The largest absolute Gasteiger partial charge is 0.322 e. The number of hydrogen-bond donors (Lipinski definition) is 1. The van der Waals surface area contributed by atoms with E-state index in [0.717, 1.165) is 22.5 Å². The SMILES string of the molecule is C=CCN(c1ccccc1)S(=O)(=O)c1ccc(F)c(C(=O)Nc2ccc(Cl)cc2)c1. The van der Waals surface area contributed by atoms with E-state index in [1.807, 2.05) is 0 Å². The molecule has 1 N–H and O–H groups in total. The van der Waals surface area contributed by atoms with E-state index in [9.17, 15) is 17.6 Å². The average Bonchev–Trinajstić information content (AvgIpc) is 2.74. The molecule has 0 unspecified atom stereocenters. The Morgan fingerprint density at radius 3 is 2.37 bits per heavy atom. The molecular formula is C22H18ClFN2O3S. The molecule has 0 fully saturated rings. The van der Waals surface area contributed by atoms with E-state index in [4.69, 9.17) is 11.6 Å². The van der Waals surface area contributed by atoms with Crippen molar-refractivity contribution < 1.29 is 17.6 Å². The van der Waals surface area contributed by atoms with Gasteiger partial charge in [0, 0.05) is 10.7 Å². The Hall–Kier alpha value is -3.16. The van der Waals surface area contributed by atoms with E-state index in [1.54, 1.807) is 54.6 Å². The Labute approximate surface area is 179 Å². The lowest BCUT2D eigenvalue weighted by Gasteiger charge is -2.23. The Kier molecular flexibility index (Phi) is 6.54. The Morgan fingerprint density at radius 2 is 1.73 bits per heavy atom. The first kappa shape index (κ1) is 21.5. The molecule has 0 aromatic heterocycles. The maximum atomic E-state index is 14.3. The average molecular weight is 445 g/mol. The van der Waals surface area contributed by atoms with Crippen LogP contribution in [0.3, 0.4) is 0 Å². The standard InChI is InChI=1S/C22H18ClFN2O3S/c1-2-14-26(18-6-4-3-5-7-18)30(28,29)19-12-13-21(24)20(15-19)22(27)25-17-10-8-16(23)9-11-17/h2-13,15H,1,14H2,(H,25,27). The third-order valence-corrected chi connectivity index (χ3v) is 6.25. The lowest BCUT2D eigenvalue weighted by molar-refractivity contribution is 0.102. The van der Waals surface area contributed by atoms with Crippen LogP contribution in [0.4, 0.5) is 15.8 Å². The molecule has 154 valence electrons. The van der Waals surface area contributed by atoms with Crippen LogP contribution in [0.1, 0.15) is 10.4 Å². The fourth-order valence-electron chi connectivity index (χ4n) is 2.75. The zero-order chi connectivity index (χ0) is 21.7. The molecule has 3 aromatic rings. The fourth-order valence-corrected chi connectivity index (χ4v) is 4.34. The first-order chi connectivity index (χ1) is 14.3. The number of rotatable bonds is 7. The topological polar surface area (TPSA) is 66.5 Å². The number of nitrogens with zero attached hydrogens (tertiary/aromatic N) is 1. The number of nitrogens with one attached hydrogen (secondary N) is 1. The fraction of sp³-hybridized carbons (Fsp3) is 0.0455. The van der Waals surface area contributed by atoms with Crippen molar-refractivity contribution >= 4 is 38.9 Å². The van der Waals surface area contributed by atoms with Crippen molar-refractivity contribution in [2.45, 2.75) is 4.90 Å². The van der Waals surface area contributed by atoms with Gasteiger partial charge in [0.2, 0.25) is 0 Å². The van der Waals surface area contributed by atoms with Crippen molar-refractivity contribution in [2.24, 2.45) is 0 Å². The summed E-state index contributed by atoms with van der Waals surface area (Å²) in [5.74, 6) is -1.61. The predicted molar refractivity (Wildman–Crippen MR) is 117 cm³/mol. The number of para-hydroxylation sites is 1. The minimum atomic E-state index is -4.07. The summed E-state index contributed by atoms with van der Waals surface area (Å²) in [4.78, 5) is 12.3. The highest BCUT2D eigenvalue weighted by atomic mass is 35.5. The third kappa shape index (κ3) is 4.69. The highest BCUT2D eigenvalue weighted by molar-refractivity contribution is 7.92. The van der Waals surface area contributed by atoms with Crippen LogP contribution in [-0.4, -0.2) is 20.9 Å². The highest BCUT2D eigenvalue weighted by Gasteiger charge is 2.26. The van der Waals surface area contributed by atoms with Gasteiger partial charge in [0.25, 0.3) is 15.9 Å². The number of anilines is 2. The molecule has 5 nitrogen and oxygen atoms in total. The third-order valence-electron chi connectivity index (χ3n) is 4.21. The molecule has 8 heteroatoms. The second-order valence-corrected chi connectivity index (χ2v) is 8.56. The van der Waals surface area contributed by atoms with Gasteiger partial charge < -0.3 is 5.32 Å². The summed E-state index contributed by atoms with van der Waals surface area (Å²) in [6.45, 7) is 3.62. The zero-order valence-corrected chi connectivity index (χ0v) is 17.3. The predicted octanol–water partition coefficient (Wildman–Crippen LogP) is 5.11. The van der Waals surface area contributed by atoms with E-state index in [0.29, 0.717) is 16.4 Å². The van der Waals surface area contributed by atoms with Gasteiger partial charge >= 0.3 is 0 Å². The Balaban J connectivity index is 1.97. The van der Waals surface area contributed by atoms with Crippen LogP contribution in [0, 0.1) is 5.82 Å². The van der Waals surface area contributed by atoms with E-state index in [2.05, 4.69) is 11.9 Å². The summed E-state index contributed by atoms with van der Waals surface area (Å²) >= 11 is 5.82. The molecule has 0 spiro atoms. The maximum absolute atomic E-state index is 14.3. The Morgan fingerprint density at radius 1 is 1.07 bits per heavy atom. The van der Waals surface area contributed by atoms with Gasteiger partial charge in [0.1, 0.15) is 5.82 Å². The number of hydrogen-bond acceptors (Lipinski definition) is 3. The Bertz CT molecular complexity index is 1170. The number of sulfonamides is 1. The van der Waals surface area contributed by atoms with Gasteiger partial charge in [0.15, 0.2) is 0 Å². The monoisotopic (exact) mass is 444 g/mol. The highest BCUT2D eigenvalue weighted by Crippen LogP contribution is 2.25. The van der Waals surface area contributed by atoms with Crippen molar-refractivity contribution in [2.75, 3.05) is 16.2 Å². The van der Waals surface area contributed by atoms with Crippen LogP contribution in [0.25, 0.3) is 0 Å². The molecule has 0 bridgehead atoms. The van der Waals surface area contributed by atoms with E-state index in [-0.39, 0.29) is 11.4 Å². The summed E-state index contributed by atoms with van der Waals surface area (Å²) < 4.78 is 41.9. The summed E-state index contributed by atoms with van der Waals surface area (Å²) in [5, 5.41) is 3.01. The van der Waals surface area contributed by atoms with Gasteiger partial charge in [-0.15, -0.1) is 6.58 Å². The van der Waals surface area contributed by atoms with Crippen LogP contribution in [0.2, 0.25) is 5.02 Å². The van der Waals surface area contributed by atoms with Gasteiger partial charge in [-0.2, -0.15) is 0 Å². The second kappa shape index (κ2) is 9.11. The van der Waals surface area contributed by atoms with Gasteiger partial charge in [-0.3, -0.25) is 9.10 Å². The molecule has 0 atom stereocenters. The minimum absolute atomic E-state index is 0.00995. The smallest absolute Gasteiger partial charge is 0.264 e. The molecule has 3 rings (SSSR count). The van der Waals surface area contributed by atoms with Crippen LogP contribution in [-0.2, 0) is 10.0 Å². The van der Waals surface area contributed by atoms with E-state index in [1.165, 1.54) is 6.08 Å². The van der Waals surface area contributed by atoms with Crippen LogP contribution in [0.15, 0.2) is 90.3 Å². The van der Waals surface area contributed by atoms with Gasteiger partial charge in [0.05, 0.1) is 22.7 Å². The number of benzene rings is 3. The van der Waals surface area contributed by atoms with Gasteiger partial charge in [-0.05, 0) is 54.6 Å². The summed E-state index contributed by atoms with van der Waals surface area (Å²) in [7, 11) is -4.07. The lowest BCUT2D eigenvalue weighted by atomic mass is 10.2. The molecule has 0 aliphatic rings. The van der Waals surface area contributed by atoms with Crippen molar-refractivity contribution in [3.8, 4) is 0 Å². The molecule has 0 aliphatic carbocycles. The quantitative estimate of drug-likeness (QED) is 0.515. The summed E-state index contributed by atoms with van der Waals surface area (Å²) in [6, 6.07) is 17.8. The van der Waals surface area contributed by atoms with Crippen molar-refractivity contribution in [3.05, 3.63) is 102 Å². The van der Waals surface area contributed by atoms with E-state index >= 15 is 0 Å². The molecule has 0 radical (unpaired) electrons. The molecule has 0 heterocycles. The van der Waals surface area contributed by atoms with Crippen LogP contribution < -0.4 is 9.62 Å². The van der Waals surface area contributed by atoms with Crippen molar-refractivity contribution in [1.29, 1.82) is 0 Å². The first-order valence-electron chi connectivity index (χ1n) is 8.88. The molecule has 30 heavy (non-hydrogen) atoms. The van der Waals surface area contributed by atoms with Crippen molar-refractivity contribution in [3.63, 3.8) is 0 Å². The molecular weight excluding hydrogens is 427 g/mol. The normalized spacial score (nSPS) is 11.0. The molecule has 0 saturated carbocycles. The summed E-state index contributed by atoms with van der Waals surface area (Å²) in [5.41, 5.74) is 0.432. The molecule has 0 aliphatic heterocycles. The van der Waals surface area contributed by atoms with Gasteiger partial charge in [-0.25, -0.2) is 12.8 Å². The molecule has 3 aromatic carbocycles. The summed E-state index contributed by atoms with van der Waals surface area (Å²) in [6.07, 6.45) is 1.45. The minimum Gasteiger partial charge on any atom is -0.322 e. The number of halogens is 2. The van der Waals surface area contributed by atoms with Crippen LogP contribution in [0.5, 0.6) is 0 Å². The van der Waals surface area contributed by atoms with Crippen molar-refractivity contribution in [1.82, 2.24) is 0 Å². The number of amides is 1. The van der Waals surface area contributed by atoms with Crippen LogP contribution >= 0.6 is 11.6 Å². The lowest BCUT2D eigenvalue weighted by Crippen LogP contribution is -2.31. The molecule has 0 saturated heterocycles. The first-order valence-corrected chi connectivity index (χ1v) is 10.7. The zero-order valence-electron chi connectivity index (χ0n) is 15.8. The number of carbonyl (C=O) groups excluding carboxylic acids is 1. The number of carbonyl (C=O) groups is 1.